The van der Waals surface area contributed by atoms with Crippen LogP contribution in [0, 0.1) is 0 Å². The van der Waals surface area contributed by atoms with Gasteiger partial charge in [-0.2, -0.15) is 18.3 Å². The zero-order chi connectivity index (χ0) is 22.9. The third kappa shape index (κ3) is 4.40. The molecule has 0 fully saturated rings. The molecule has 0 aliphatic carbocycles. The maximum atomic E-state index is 13.1. The standard InChI is InChI=1S/C23H17ClF3N3O2/c1-30-18(11-20(29-30)23(25,26)27)17-8-9-19(32-13-14-4-6-16(24)7-5-14)21(22(17)31)15-3-2-10-28-12-15/h2-12,31H,13H2,1H3. The summed E-state index contributed by atoms with van der Waals surface area (Å²) in [6.07, 6.45) is -1.48. The van der Waals surface area contributed by atoms with Crippen molar-refractivity contribution in [2.24, 2.45) is 7.05 Å². The lowest BCUT2D eigenvalue weighted by molar-refractivity contribution is -0.141. The second-order valence-electron chi connectivity index (χ2n) is 7.03. The van der Waals surface area contributed by atoms with Crippen LogP contribution in [0.4, 0.5) is 13.2 Å². The van der Waals surface area contributed by atoms with E-state index in [-0.39, 0.29) is 23.6 Å². The fourth-order valence-electron chi connectivity index (χ4n) is 3.29. The van der Waals surface area contributed by atoms with Crippen LogP contribution in [0.3, 0.4) is 0 Å². The van der Waals surface area contributed by atoms with E-state index in [0.29, 0.717) is 21.9 Å². The normalized spacial score (nSPS) is 11.5. The quantitative estimate of drug-likeness (QED) is 0.391. The summed E-state index contributed by atoms with van der Waals surface area (Å²) < 4.78 is 46.4. The number of aromatic nitrogens is 3. The van der Waals surface area contributed by atoms with Crippen molar-refractivity contribution >= 4 is 11.6 Å². The number of hydrogen-bond acceptors (Lipinski definition) is 4. The Morgan fingerprint density at radius 1 is 1.09 bits per heavy atom. The third-order valence-corrected chi connectivity index (χ3v) is 5.10. The molecule has 0 unspecified atom stereocenters. The molecular formula is C23H17ClF3N3O2. The van der Waals surface area contributed by atoms with Crippen molar-refractivity contribution in [1.29, 1.82) is 0 Å². The number of hydrogen-bond donors (Lipinski definition) is 1. The molecule has 4 aromatic rings. The molecule has 0 atom stereocenters. The molecule has 0 aliphatic rings. The molecule has 0 aliphatic heterocycles. The van der Waals surface area contributed by atoms with Crippen molar-refractivity contribution in [3.63, 3.8) is 0 Å². The summed E-state index contributed by atoms with van der Waals surface area (Å²) in [5, 5.41) is 15.2. The summed E-state index contributed by atoms with van der Waals surface area (Å²) in [4.78, 5) is 4.08. The van der Waals surface area contributed by atoms with Gasteiger partial charge in [-0.05, 0) is 42.0 Å². The van der Waals surface area contributed by atoms with Crippen LogP contribution >= 0.6 is 11.6 Å². The highest BCUT2D eigenvalue weighted by Gasteiger charge is 2.35. The Bertz CT molecular complexity index is 1240. The second-order valence-corrected chi connectivity index (χ2v) is 7.46. The Morgan fingerprint density at radius 3 is 2.47 bits per heavy atom. The number of alkyl halides is 3. The average molecular weight is 460 g/mol. The number of ether oxygens (including phenoxy) is 1. The van der Waals surface area contributed by atoms with E-state index < -0.39 is 11.9 Å². The Labute approximate surface area is 186 Å². The maximum absolute atomic E-state index is 13.1. The first-order valence-electron chi connectivity index (χ1n) is 9.49. The van der Waals surface area contributed by atoms with E-state index in [0.717, 1.165) is 16.3 Å². The maximum Gasteiger partial charge on any atom is 0.435 e. The van der Waals surface area contributed by atoms with Gasteiger partial charge < -0.3 is 9.84 Å². The van der Waals surface area contributed by atoms with Crippen LogP contribution in [-0.2, 0) is 19.8 Å². The number of rotatable bonds is 5. The van der Waals surface area contributed by atoms with Gasteiger partial charge in [0.1, 0.15) is 18.1 Å². The van der Waals surface area contributed by atoms with Crippen molar-refractivity contribution in [3.05, 3.63) is 83.3 Å². The van der Waals surface area contributed by atoms with E-state index in [2.05, 4.69) is 10.1 Å². The SMILES string of the molecule is Cn1nc(C(F)(F)F)cc1-c1ccc(OCc2ccc(Cl)cc2)c(-c2cccnc2)c1O. The van der Waals surface area contributed by atoms with E-state index in [1.165, 1.54) is 13.1 Å². The highest BCUT2D eigenvalue weighted by Crippen LogP contribution is 2.45. The van der Waals surface area contributed by atoms with Crippen molar-refractivity contribution in [2.45, 2.75) is 12.8 Å². The molecule has 2 aromatic heterocycles. The van der Waals surface area contributed by atoms with E-state index in [9.17, 15) is 18.3 Å². The number of benzene rings is 2. The minimum absolute atomic E-state index is 0.115. The molecule has 4 rings (SSSR count). The van der Waals surface area contributed by atoms with Crippen molar-refractivity contribution in [3.8, 4) is 33.9 Å². The van der Waals surface area contributed by atoms with Gasteiger partial charge in [-0.25, -0.2) is 0 Å². The first-order chi connectivity index (χ1) is 15.2. The molecule has 2 aromatic carbocycles. The first kappa shape index (κ1) is 21.7. The molecule has 32 heavy (non-hydrogen) atoms. The van der Waals surface area contributed by atoms with E-state index in [1.54, 1.807) is 42.7 Å². The molecule has 0 radical (unpaired) electrons. The number of pyridine rings is 1. The molecule has 5 nitrogen and oxygen atoms in total. The molecule has 2 heterocycles. The topological polar surface area (TPSA) is 60.2 Å². The van der Waals surface area contributed by atoms with Crippen molar-refractivity contribution in [2.75, 3.05) is 0 Å². The van der Waals surface area contributed by atoms with Crippen LogP contribution in [0.5, 0.6) is 11.5 Å². The largest absolute Gasteiger partial charge is 0.506 e. The van der Waals surface area contributed by atoms with Crippen LogP contribution in [0.25, 0.3) is 22.4 Å². The summed E-state index contributed by atoms with van der Waals surface area (Å²) in [6, 6.07) is 14.5. The minimum Gasteiger partial charge on any atom is -0.506 e. The summed E-state index contributed by atoms with van der Waals surface area (Å²) in [6.45, 7) is 0.202. The summed E-state index contributed by atoms with van der Waals surface area (Å²) in [7, 11) is 1.39. The summed E-state index contributed by atoms with van der Waals surface area (Å²) in [5.41, 5.74) is 0.991. The van der Waals surface area contributed by atoms with Crippen LogP contribution in [0.2, 0.25) is 5.02 Å². The Hall–Kier alpha value is -3.52. The number of nitrogens with zero attached hydrogens (tertiary/aromatic N) is 3. The molecular weight excluding hydrogens is 443 g/mol. The van der Waals surface area contributed by atoms with Crippen LogP contribution < -0.4 is 4.74 Å². The second kappa shape index (κ2) is 8.55. The lowest BCUT2D eigenvalue weighted by atomic mass is 9.99. The number of phenols is 1. The van der Waals surface area contributed by atoms with Gasteiger partial charge in [0.2, 0.25) is 0 Å². The molecule has 0 spiro atoms. The van der Waals surface area contributed by atoms with Gasteiger partial charge in [0, 0.05) is 35.6 Å². The minimum atomic E-state index is -4.60. The highest BCUT2D eigenvalue weighted by molar-refractivity contribution is 6.30. The van der Waals surface area contributed by atoms with Gasteiger partial charge in [0.05, 0.1) is 11.3 Å². The predicted octanol–water partition coefficient (Wildman–Crippen LogP) is 6.11. The summed E-state index contributed by atoms with van der Waals surface area (Å²) in [5.74, 6) is 0.121. The van der Waals surface area contributed by atoms with E-state index in [4.69, 9.17) is 16.3 Å². The Kier molecular flexibility index (Phi) is 5.80. The van der Waals surface area contributed by atoms with Crippen LogP contribution in [0.1, 0.15) is 11.3 Å². The number of aromatic hydroxyl groups is 1. The van der Waals surface area contributed by atoms with Gasteiger partial charge in [-0.3, -0.25) is 9.67 Å². The molecule has 0 saturated heterocycles. The molecule has 0 bridgehead atoms. The lowest BCUT2D eigenvalue weighted by Gasteiger charge is -2.16. The molecule has 9 heteroatoms. The molecule has 0 amide bonds. The van der Waals surface area contributed by atoms with Crippen molar-refractivity contribution in [1.82, 2.24) is 14.8 Å². The van der Waals surface area contributed by atoms with Gasteiger partial charge in [-0.1, -0.05) is 29.8 Å². The van der Waals surface area contributed by atoms with Crippen molar-refractivity contribution < 1.29 is 23.0 Å². The number of phenolic OH excluding ortho intramolecular Hbond substituents is 1. The zero-order valence-corrected chi connectivity index (χ0v) is 17.5. The van der Waals surface area contributed by atoms with E-state index >= 15 is 0 Å². The van der Waals surface area contributed by atoms with E-state index in [1.807, 2.05) is 12.1 Å². The highest BCUT2D eigenvalue weighted by atomic mass is 35.5. The monoisotopic (exact) mass is 459 g/mol. The Balaban J connectivity index is 1.78. The molecule has 1 N–H and O–H groups in total. The third-order valence-electron chi connectivity index (χ3n) is 4.84. The fourth-order valence-corrected chi connectivity index (χ4v) is 3.41. The zero-order valence-electron chi connectivity index (χ0n) is 16.8. The number of halogens is 4. The van der Waals surface area contributed by atoms with Gasteiger partial charge in [0.25, 0.3) is 0 Å². The van der Waals surface area contributed by atoms with Crippen LogP contribution in [-0.4, -0.2) is 19.9 Å². The van der Waals surface area contributed by atoms with Gasteiger partial charge >= 0.3 is 6.18 Å². The molecule has 164 valence electrons. The Morgan fingerprint density at radius 2 is 1.84 bits per heavy atom. The smallest absolute Gasteiger partial charge is 0.435 e. The van der Waals surface area contributed by atoms with Gasteiger partial charge in [0.15, 0.2) is 5.69 Å². The number of aryl methyl sites for hydroxylation is 1. The predicted molar refractivity (Wildman–Crippen MR) is 114 cm³/mol. The average Bonchev–Trinajstić information content (AvgIpc) is 3.16. The first-order valence-corrected chi connectivity index (χ1v) is 9.87. The molecule has 0 saturated carbocycles. The van der Waals surface area contributed by atoms with Crippen LogP contribution in [0.15, 0.2) is 67.0 Å². The fraction of sp³-hybridized carbons (Fsp3) is 0.130. The lowest BCUT2D eigenvalue weighted by Crippen LogP contribution is -2.06. The summed E-state index contributed by atoms with van der Waals surface area (Å²) >= 11 is 5.91. The van der Waals surface area contributed by atoms with Gasteiger partial charge in [-0.15, -0.1) is 0 Å².